The molecule has 2 aliphatic rings. The van der Waals surface area contributed by atoms with E-state index in [4.69, 9.17) is 4.74 Å². The number of aromatic nitrogens is 1. The molecule has 1 unspecified atom stereocenters. The van der Waals surface area contributed by atoms with Crippen molar-refractivity contribution in [2.24, 2.45) is 5.41 Å². The molecule has 3 heterocycles. The molecule has 0 aliphatic carbocycles. The molecule has 33 heavy (non-hydrogen) atoms. The first-order chi connectivity index (χ1) is 15.7. The second kappa shape index (κ2) is 9.05. The number of rotatable bonds is 4. The second-order valence-corrected chi connectivity index (χ2v) is 10.4. The smallest absolute Gasteiger partial charge is 0.321 e. The summed E-state index contributed by atoms with van der Waals surface area (Å²) in [7, 11) is 0. The minimum Gasteiger partial charge on any atom is -0.465 e. The van der Waals surface area contributed by atoms with E-state index < -0.39 is 16.9 Å². The minimum absolute atomic E-state index is 0.0548. The molecule has 2 fully saturated rings. The van der Waals surface area contributed by atoms with Gasteiger partial charge in [0.15, 0.2) is 0 Å². The summed E-state index contributed by atoms with van der Waals surface area (Å²) >= 11 is 3.48. The molecule has 4 rings (SSSR count). The molecule has 0 saturated carbocycles. The molecule has 2 aliphatic heterocycles. The Balaban J connectivity index is 1.58. The maximum absolute atomic E-state index is 13.6. The van der Waals surface area contributed by atoms with Crippen molar-refractivity contribution < 1.29 is 19.1 Å². The van der Waals surface area contributed by atoms with Gasteiger partial charge in [0.1, 0.15) is 5.41 Å². The topological polar surface area (TPSA) is 79.8 Å². The van der Waals surface area contributed by atoms with Crippen LogP contribution in [0.4, 0.5) is 0 Å². The Labute approximate surface area is 202 Å². The molecule has 0 bridgehead atoms. The first-order valence-corrected chi connectivity index (χ1v) is 12.3. The van der Waals surface area contributed by atoms with Crippen LogP contribution in [0.5, 0.6) is 0 Å². The number of esters is 1. The van der Waals surface area contributed by atoms with E-state index in [1.165, 1.54) is 0 Å². The van der Waals surface area contributed by atoms with Crippen molar-refractivity contribution in [1.29, 1.82) is 0 Å². The van der Waals surface area contributed by atoms with Crippen LogP contribution in [0.25, 0.3) is 10.9 Å². The Morgan fingerprint density at radius 3 is 2.61 bits per heavy atom. The van der Waals surface area contributed by atoms with Crippen LogP contribution in [0.2, 0.25) is 0 Å². The Morgan fingerprint density at radius 1 is 1.15 bits per heavy atom. The highest BCUT2D eigenvalue weighted by Gasteiger charge is 2.50. The van der Waals surface area contributed by atoms with Crippen LogP contribution in [-0.2, 0) is 14.3 Å². The van der Waals surface area contributed by atoms with Crippen molar-refractivity contribution in [3.63, 3.8) is 0 Å². The average Bonchev–Trinajstić information content (AvgIpc) is 3.19. The van der Waals surface area contributed by atoms with Crippen molar-refractivity contribution in [2.45, 2.75) is 52.0 Å². The summed E-state index contributed by atoms with van der Waals surface area (Å²) < 4.78 is 6.07. The van der Waals surface area contributed by atoms with Gasteiger partial charge in [0, 0.05) is 35.7 Å². The number of hydrogen-bond donors (Lipinski definition) is 0. The van der Waals surface area contributed by atoms with Crippen LogP contribution >= 0.6 is 15.9 Å². The van der Waals surface area contributed by atoms with E-state index >= 15 is 0 Å². The first-order valence-electron chi connectivity index (χ1n) is 11.5. The second-order valence-electron chi connectivity index (χ2n) is 9.52. The maximum Gasteiger partial charge on any atom is 0.321 e. The summed E-state index contributed by atoms with van der Waals surface area (Å²) in [5.41, 5.74) is -0.279. The number of likely N-dealkylation sites (tertiary alicyclic amines) is 2. The number of ether oxygens (including phenoxy) is 1. The van der Waals surface area contributed by atoms with Crippen LogP contribution < -0.4 is 0 Å². The molecule has 1 atom stereocenters. The molecule has 2 saturated heterocycles. The lowest BCUT2D eigenvalue weighted by Crippen LogP contribution is -2.60. The predicted molar refractivity (Wildman–Crippen MR) is 129 cm³/mol. The molecular formula is C25H30BrN3O4. The Morgan fingerprint density at radius 2 is 1.88 bits per heavy atom. The fourth-order valence-corrected chi connectivity index (χ4v) is 5.51. The Bertz CT molecular complexity index is 1100. The molecule has 1 aromatic carbocycles. The van der Waals surface area contributed by atoms with E-state index in [0.29, 0.717) is 25.2 Å². The molecule has 1 spiro atoms. The van der Waals surface area contributed by atoms with E-state index in [2.05, 4.69) is 20.9 Å². The third kappa shape index (κ3) is 4.37. The zero-order valence-electron chi connectivity index (χ0n) is 19.4. The van der Waals surface area contributed by atoms with Crippen LogP contribution in [-0.4, -0.2) is 64.3 Å². The number of hydrogen-bond acceptors (Lipinski definition) is 5. The predicted octanol–water partition coefficient (Wildman–Crippen LogP) is 4.18. The van der Waals surface area contributed by atoms with Crippen molar-refractivity contribution >= 4 is 44.6 Å². The number of fused-ring (bicyclic) bond motifs is 1. The summed E-state index contributed by atoms with van der Waals surface area (Å²) in [6, 6.07) is 7.69. The lowest BCUT2D eigenvalue weighted by molar-refractivity contribution is -0.164. The van der Waals surface area contributed by atoms with E-state index in [0.717, 1.165) is 41.1 Å². The van der Waals surface area contributed by atoms with Gasteiger partial charge in [-0.25, -0.2) is 0 Å². The quantitative estimate of drug-likeness (QED) is 0.450. The van der Waals surface area contributed by atoms with Crippen LogP contribution in [0.15, 0.2) is 34.9 Å². The normalized spacial score (nSPS) is 21.0. The van der Waals surface area contributed by atoms with Crippen LogP contribution in [0.3, 0.4) is 0 Å². The van der Waals surface area contributed by atoms with Crippen LogP contribution in [0.1, 0.15) is 56.8 Å². The summed E-state index contributed by atoms with van der Waals surface area (Å²) in [4.78, 5) is 47.5. The van der Waals surface area contributed by atoms with Crippen molar-refractivity contribution in [3.05, 3.63) is 40.5 Å². The van der Waals surface area contributed by atoms with Crippen LogP contribution in [0, 0.1) is 5.41 Å². The highest BCUT2D eigenvalue weighted by Crippen LogP contribution is 2.39. The zero-order chi connectivity index (χ0) is 23.8. The van der Waals surface area contributed by atoms with E-state index in [1.54, 1.807) is 31.9 Å². The fourth-order valence-electron chi connectivity index (χ4n) is 5.13. The standard InChI is InChI=1S/C25H30BrN3O4/c1-4-33-23(32)24(2,3)22(31)28-11-5-9-25(16-28)10-6-12-29(25)21(30)18-13-17-14-19(26)7-8-20(17)27-15-18/h7-8,13-15H,4-6,9-12,16H2,1-3H3. The highest BCUT2D eigenvalue weighted by molar-refractivity contribution is 9.10. The number of piperidine rings is 1. The maximum atomic E-state index is 13.6. The van der Waals surface area contributed by atoms with Gasteiger partial charge in [0.25, 0.3) is 5.91 Å². The van der Waals surface area contributed by atoms with Crippen molar-refractivity contribution in [2.75, 3.05) is 26.2 Å². The SMILES string of the molecule is CCOC(=O)C(C)(C)C(=O)N1CCCC2(CCCN2C(=O)c2cnc3ccc(Br)cc3c2)C1. The van der Waals surface area contributed by atoms with Gasteiger partial charge in [-0.1, -0.05) is 15.9 Å². The summed E-state index contributed by atoms with van der Waals surface area (Å²) in [5, 5.41) is 0.903. The largest absolute Gasteiger partial charge is 0.465 e. The van der Waals surface area contributed by atoms with Gasteiger partial charge in [-0.3, -0.25) is 19.4 Å². The van der Waals surface area contributed by atoms with Gasteiger partial charge in [-0.2, -0.15) is 0 Å². The van der Waals surface area contributed by atoms with Gasteiger partial charge >= 0.3 is 5.97 Å². The summed E-state index contributed by atoms with van der Waals surface area (Å²) in [6.45, 7) is 6.87. The Hall–Kier alpha value is -2.48. The van der Waals surface area contributed by atoms with Gasteiger partial charge < -0.3 is 14.5 Å². The third-order valence-corrected chi connectivity index (χ3v) is 7.39. The van der Waals surface area contributed by atoms with E-state index in [1.807, 2.05) is 29.2 Å². The first kappa shape index (κ1) is 23.7. The van der Waals surface area contributed by atoms with E-state index in [-0.39, 0.29) is 18.4 Å². The zero-order valence-corrected chi connectivity index (χ0v) is 21.0. The number of nitrogens with zero attached hydrogens (tertiary/aromatic N) is 3. The number of halogens is 1. The summed E-state index contributed by atoms with van der Waals surface area (Å²) in [5.74, 6) is -0.806. The van der Waals surface area contributed by atoms with Gasteiger partial charge in [-0.05, 0) is 70.7 Å². The van der Waals surface area contributed by atoms with Gasteiger partial charge in [0.2, 0.25) is 5.91 Å². The fraction of sp³-hybridized carbons (Fsp3) is 0.520. The molecule has 2 amide bonds. The lowest BCUT2D eigenvalue weighted by atomic mass is 9.83. The number of carbonyl (C=O) groups is 3. The van der Waals surface area contributed by atoms with Crippen molar-refractivity contribution in [1.82, 2.24) is 14.8 Å². The molecule has 0 radical (unpaired) electrons. The van der Waals surface area contributed by atoms with Gasteiger partial charge in [-0.15, -0.1) is 0 Å². The molecule has 1 aromatic heterocycles. The monoisotopic (exact) mass is 515 g/mol. The molecule has 8 heteroatoms. The third-order valence-electron chi connectivity index (χ3n) is 6.89. The molecular weight excluding hydrogens is 486 g/mol. The number of pyridine rings is 1. The van der Waals surface area contributed by atoms with E-state index in [9.17, 15) is 14.4 Å². The highest BCUT2D eigenvalue weighted by atomic mass is 79.9. The Kier molecular flexibility index (Phi) is 6.49. The molecule has 7 nitrogen and oxygen atoms in total. The lowest BCUT2D eigenvalue weighted by Gasteiger charge is -2.47. The number of amides is 2. The van der Waals surface area contributed by atoms with Gasteiger partial charge in [0.05, 0.1) is 23.2 Å². The average molecular weight is 516 g/mol. The molecule has 2 aromatic rings. The molecule has 176 valence electrons. The number of carbonyl (C=O) groups excluding carboxylic acids is 3. The summed E-state index contributed by atoms with van der Waals surface area (Å²) in [6.07, 6.45) is 5.00. The number of benzene rings is 1. The minimum atomic E-state index is -1.25. The van der Waals surface area contributed by atoms with Crippen molar-refractivity contribution in [3.8, 4) is 0 Å². The molecule has 0 N–H and O–H groups in total.